The topological polar surface area (TPSA) is 22.1 Å². The average Bonchev–Trinajstić information content (AvgIpc) is 3.00. The molecule has 2 nitrogen and oxygen atoms in total. The van der Waals surface area contributed by atoms with Crippen molar-refractivity contribution >= 4 is 0 Å². The molecule has 0 bridgehead atoms. The van der Waals surface area contributed by atoms with Gasteiger partial charge in [-0.2, -0.15) is 0 Å². The van der Waals surface area contributed by atoms with Gasteiger partial charge in [0, 0.05) is 23.5 Å². The minimum atomic E-state index is 0.101. The normalized spacial score (nSPS) is 16.2. The summed E-state index contributed by atoms with van der Waals surface area (Å²) in [6.07, 6.45) is 5.80. The van der Waals surface area contributed by atoms with Crippen LogP contribution in [0.4, 0.5) is 0 Å². The van der Waals surface area contributed by atoms with Gasteiger partial charge in [0.05, 0.1) is 6.10 Å². The zero-order chi connectivity index (χ0) is 11.8. The second-order valence-corrected chi connectivity index (χ2v) is 5.59. The maximum absolute atomic E-state index is 5.99. The van der Waals surface area contributed by atoms with E-state index in [9.17, 15) is 0 Å². The smallest absolute Gasteiger partial charge is 0.126 e. The van der Waals surface area contributed by atoms with Gasteiger partial charge in [0.2, 0.25) is 0 Å². The Bertz CT molecular complexity index is 375. The van der Waals surface area contributed by atoms with E-state index in [0.717, 1.165) is 17.9 Å². The highest BCUT2D eigenvalue weighted by Gasteiger charge is 2.27. The van der Waals surface area contributed by atoms with Gasteiger partial charge in [0.25, 0.3) is 0 Å². The predicted octanol–water partition coefficient (Wildman–Crippen LogP) is 3.48. The second-order valence-electron chi connectivity index (χ2n) is 5.59. The molecule has 0 aromatic carbocycles. The van der Waals surface area contributed by atoms with Crippen LogP contribution in [0.5, 0.6) is 5.75 Å². The van der Waals surface area contributed by atoms with Gasteiger partial charge < -0.3 is 4.74 Å². The lowest BCUT2D eigenvalue weighted by Crippen LogP contribution is -2.15. The quantitative estimate of drug-likeness (QED) is 0.776. The van der Waals surface area contributed by atoms with Crippen molar-refractivity contribution < 1.29 is 4.74 Å². The van der Waals surface area contributed by atoms with Crippen LogP contribution in [0.25, 0.3) is 0 Å². The third-order valence-electron chi connectivity index (χ3n) is 2.91. The Morgan fingerprint density at radius 2 is 2.06 bits per heavy atom. The molecule has 0 unspecified atom stereocenters. The molecular formula is C14H21NO. The molecule has 0 atom stereocenters. The van der Waals surface area contributed by atoms with E-state index in [2.05, 4.69) is 38.7 Å². The molecule has 1 aromatic rings. The van der Waals surface area contributed by atoms with Gasteiger partial charge in [0.15, 0.2) is 0 Å². The highest BCUT2D eigenvalue weighted by atomic mass is 16.5. The Labute approximate surface area is 98.0 Å². The van der Waals surface area contributed by atoms with Gasteiger partial charge in [-0.05, 0) is 24.7 Å². The van der Waals surface area contributed by atoms with E-state index in [-0.39, 0.29) is 5.41 Å². The van der Waals surface area contributed by atoms with Gasteiger partial charge in [-0.15, -0.1) is 0 Å². The van der Waals surface area contributed by atoms with Crippen LogP contribution in [-0.4, -0.2) is 11.1 Å². The summed E-state index contributed by atoms with van der Waals surface area (Å²) in [6, 6.07) is 2.11. The third kappa shape index (κ3) is 2.55. The van der Waals surface area contributed by atoms with E-state index in [1.807, 2.05) is 6.20 Å². The van der Waals surface area contributed by atoms with Crippen molar-refractivity contribution in [2.24, 2.45) is 0 Å². The van der Waals surface area contributed by atoms with Crippen LogP contribution < -0.4 is 4.74 Å². The molecule has 1 aliphatic carbocycles. The number of nitrogens with zero attached hydrogens (tertiary/aromatic N) is 1. The maximum Gasteiger partial charge on any atom is 0.126 e. The van der Waals surface area contributed by atoms with Crippen LogP contribution in [-0.2, 0) is 11.8 Å². The minimum Gasteiger partial charge on any atom is -0.490 e. The molecule has 0 saturated heterocycles. The van der Waals surface area contributed by atoms with Gasteiger partial charge in [-0.3, -0.25) is 4.98 Å². The molecule has 16 heavy (non-hydrogen) atoms. The molecule has 0 spiro atoms. The molecule has 1 saturated carbocycles. The van der Waals surface area contributed by atoms with Crippen LogP contribution in [0.3, 0.4) is 0 Å². The highest BCUT2D eigenvalue weighted by molar-refractivity contribution is 5.38. The van der Waals surface area contributed by atoms with Crippen molar-refractivity contribution in [3.05, 3.63) is 23.5 Å². The molecule has 1 heterocycles. The first kappa shape index (κ1) is 11.4. The number of ether oxygens (including phenoxy) is 1. The second kappa shape index (κ2) is 4.08. The van der Waals surface area contributed by atoms with Gasteiger partial charge >= 0.3 is 0 Å². The van der Waals surface area contributed by atoms with Crippen molar-refractivity contribution in [3.63, 3.8) is 0 Å². The van der Waals surface area contributed by atoms with Crippen LogP contribution in [0.15, 0.2) is 12.3 Å². The minimum absolute atomic E-state index is 0.101. The lowest BCUT2D eigenvalue weighted by atomic mass is 9.87. The van der Waals surface area contributed by atoms with E-state index >= 15 is 0 Å². The van der Waals surface area contributed by atoms with Crippen LogP contribution >= 0.6 is 0 Å². The lowest BCUT2D eigenvalue weighted by molar-refractivity contribution is 0.294. The van der Waals surface area contributed by atoms with Crippen molar-refractivity contribution in [1.29, 1.82) is 0 Å². The first-order valence-electron chi connectivity index (χ1n) is 6.16. The highest BCUT2D eigenvalue weighted by Crippen LogP contribution is 2.35. The number of hydrogen-bond acceptors (Lipinski definition) is 2. The van der Waals surface area contributed by atoms with Crippen LogP contribution in [0.2, 0.25) is 0 Å². The summed E-state index contributed by atoms with van der Waals surface area (Å²) in [4.78, 5) is 4.47. The molecule has 2 heteroatoms. The lowest BCUT2D eigenvalue weighted by Gasteiger charge is -2.22. The maximum atomic E-state index is 5.99. The van der Waals surface area contributed by atoms with E-state index in [1.165, 1.54) is 18.4 Å². The first-order valence-corrected chi connectivity index (χ1v) is 6.16. The summed E-state index contributed by atoms with van der Waals surface area (Å²) in [5.74, 6) is 1.04. The van der Waals surface area contributed by atoms with Gasteiger partial charge in [0.1, 0.15) is 5.75 Å². The predicted molar refractivity (Wildman–Crippen MR) is 66.0 cm³/mol. The Morgan fingerprint density at radius 3 is 2.56 bits per heavy atom. The first-order chi connectivity index (χ1) is 7.50. The fraction of sp³-hybridized carbons (Fsp3) is 0.643. The molecule has 0 N–H and O–H groups in total. The number of rotatable bonds is 3. The molecule has 88 valence electrons. The molecule has 0 amide bonds. The summed E-state index contributed by atoms with van der Waals surface area (Å²) >= 11 is 0. The molecule has 2 rings (SSSR count). The molecular weight excluding hydrogens is 198 g/mol. The van der Waals surface area contributed by atoms with Crippen molar-refractivity contribution in [1.82, 2.24) is 4.98 Å². The Balaban J connectivity index is 2.33. The van der Waals surface area contributed by atoms with E-state index in [0.29, 0.717) is 6.10 Å². The molecule has 1 aliphatic rings. The van der Waals surface area contributed by atoms with Crippen LogP contribution in [0, 0.1) is 0 Å². The molecule has 0 aliphatic heterocycles. The van der Waals surface area contributed by atoms with Crippen LogP contribution in [0.1, 0.15) is 51.8 Å². The molecule has 1 aromatic heterocycles. The summed E-state index contributed by atoms with van der Waals surface area (Å²) in [5, 5.41) is 0. The summed E-state index contributed by atoms with van der Waals surface area (Å²) < 4.78 is 5.99. The van der Waals surface area contributed by atoms with Crippen molar-refractivity contribution in [2.45, 2.75) is 58.5 Å². The molecule has 1 fully saturated rings. The SMILES string of the molecule is CCc1cc(OC2CC2)c(C(C)(C)C)cn1. The summed E-state index contributed by atoms with van der Waals surface area (Å²) in [6.45, 7) is 8.74. The number of aromatic nitrogens is 1. The summed E-state index contributed by atoms with van der Waals surface area (Å²) in [5.41, 5.74) is 2.43. The van der Waals surface area contributed by atoms with E-state index in [4.69, 9.17) is 4.74 Å². The molecule has 0 radical (unpaired) electrons. The largest absolute Gasteiger partial charge is 0.490 e. The van der Waals surface area contributed by atoms with Crippen molar-refractivity contribution in [2.75, 3.05) is 0 Å². The number of pyridine rings is 1. The fourth-order valence-electron chi connectivity index (χ4n) is 1.70. The number of hydrogen-bond donors (Lipinski definition) is 0. The zero-order valence-electron chi connectivity index (χ0n) is 10.7. The Morgan fingerprint density at radius 1 is 1.38 bits per heavy atom. The number of aryl methyl sites for hydroxylation is 1. The zero-order valence-corrected chi connectivity index (χ0v) is 10.7. The third-order valence-corrected chi connectivity index (χ3v) is 2.91. The fourth-order valence-corrected chi connectivity index (χ4v) is 1.70. The average molecular weight is 219 g/mol. The van der Waals surface area contributed by atoms with E-state index < -0.39 is 0 Å². The van der Waals surface area contributed by atoms with E-state index in [1.54, 1.807) is 0 Å². The van der Waals surface area contributed by atoms with Gasteiger partial charge in [-0.25, -0.2) is 0 Å². The van der Waals surface area contributed by atoms with Crippen molar-refractivity contribution in [3.8, 4) is 5.75 Å². The Kier molecular flexibility index (Phi) is 2.92. The summed E-state index contributed by atoms with van der Waals surface area (Å²) in [7, 11) is 0. The Hall–Kier alpha value is -1.05. The standard InChI is InChI=1S/C14H21NO/c1-5-10-8-13(16-11-6-7-11)12(9-15-10)14(2,3)4/h8-9,11H,5-7H2,1-4H3. The van der Waals surface area contributed by atoms with Gasteiger partial charge in [-0.1, -0.05) is 27.7 Å². The monoisotopic (exact) mass is 219 g/mol.